The van der Waals surface area contributed by atoms with Crippen LogP contribution in [-0.2, 0) is 22.3 Å². The van der Waals surface area contributed by atoms with Crippen molar-refractivity contribution < 1.29 is 22.8 Å². The smallest absolute Gasteiger partial charge is 0.481 e. The summed E-state index contributed by atoms with van der Waals surface area (Å²) in [6.07, 6.45) is 2.34. The quantitative estimate of drug-likeness (QED) is 0.525. The van der Waals surface area contributed by atoms with Gasteiger partial charge in [-0.25, -0.2) is 13.8 Å². The molecule has 0 N–H and O–H groups in total. The molecular formula is C24H28BF2N3O3. The van der Waals surface area contributed by atoms with Gasteiger partial charge in [0.25, 0.3) is 0 Å². The van der Waals surface area contributed by atoms with E-state index in [-0.39, 0.29) is 11.0 Å². The van der Waals surface area contributed by atoms with Crippen molar-refractivity contribution in [2.75, 3.05) is 7.11 Å². The lowest BCUT2D eigenvalue weighted by atomic mass is 9.78. The molecule has 1 aliphatic rings. The van der Waals surface area contributed by atoms with Crippen molar-refractivity contribution in [2.24, 2.45) is 0 Å². The Hall–Kier alpha value is -2.78. The van der Waals surface area contributed by atoms with Gasteiger partial charge in [-0.15, -0.1) is 0 Å². The Morgan fingerprint density at radius 1 is 1.00 bits per heavy atom. The molecule has 1 saturated heterocycles. The molecular weight excluding hydrogens is 427 g/mol. The maximum absolute atomic E-state index is 15.2. The normalized spacial score (nSPS) is 16.9. The van der Waals surface area contributed by atoms with Crippen LogP contribution >= 0.6 is 0 Å². The van der Waals surface area contributed by atoms with E-state index in [1.807, 2.05) is 39.8 Å². The summed E-state index contributed by atoms with van der Waals surface area (Å²) in [7, 11) is 0.596. The van der Waals surface area contributed by atoms with Gasteiger partial charge in [-0.1, -0.05) is 18.2 Å². The predicted molar refractivity (Wildman–Crippen MR) is 123 cm³/mol. The third-order valence-electron chi connectivity index (χ3n) is 6.44. The summed E-state index contributed by atoms with van der Waals surface area (Å²) in [6.45, 7) is 9.79. The number of ether oxygens (including phenoxy) is 1. The Balaban J connectivity index is 1.56. The molecule has 2 aromatic heterocycles. The minimum atomic E-state index is -0.974. The van der Waals surface area contributed by atoms with E-state index in [0.29, 0.717) is 30.1 Å². The molecule has 9 heteroatoms. The van der Waals surface area contributed by atoms with Crippen molar-refractivity contribution >= 4 is 12.6 Å². The number of hydrogen-bond donors (Lipinski definition) is 0. The molecule has 6 nitrogen and oxygen atoms in total. The molecule has 1 aromatic carbocycles. The lowest BCUT2D eigenvalue weighted by molar-refractivity contribution is 0.00578. The van der Waals surface area contributed by atoms with Crippen LogP contribution in [0, 0.1) is 18.6 Å². The fraction of sp³-hybridized carbons (Fsp3) is 0.417. The van der Waals surface area contributed by atoms with Crippen molar-refractivity contribution in [1.82, 2.24) is 14.8 Å². The first-order chi connectivity index (χ1) is 15.5. The predicted octanol–water partition coefficient (Wildman–Crippen LogP) is 4.08. The Morgan fingerprint density at radius 2 is 1.70 bits per heavy atom. The summed E-state index contributed by atoms with van der Waals surface area (Å²) >= 11 is 0. The van der Waals surface area contributed by atoms with Gasteiger partial charge in [-0.2, -0.15) is 5.10 Å². The SMILES string of the molecule is COc1cccc(CCn2cc(-c3ccc(B4OC(C)(C)C(C)(C)O4)c(F)c3F)c(C)n2)n1. The zero-order chi connectivity index (χ0) is 24.0. The highest BCUT2D eigenvalue weighted by Gasteiger charge is 2.52. The molecule has 0 unspecified atom stereocenters. The molecule has 33 heavy (non-hydrogen) atoms. The minimum absolute atomic E-state index is 0.0454. The van der Waals surface area contributed by atoms with Crippen molar-refractivity contribution in [3.63, 3.8) is 0 Å². The number of rotatable bonds is 6. The second-order valence-corrected chi connectivity index (χ2v) is 9.23. The molecule has 0 saturated carbocycles. The van der Waals surface area contributed by atoms with E-state index >= 15 is 8.78 Å². The maximum Gasteiger partial charge on any atom is 0.497 e. The summed E-state index contributed by atoms with van der Waals surface area (Å²) in [4.78, 5) is 4.39. The topological polar surface area (TPSA) is 58.4 Å². The van der Waals surface area contributed by atoms with Crippen LogP contribution in [0.2, 0.25) is 0 Å². The highest BCUT2D eigenvalue weighted by molar-refractivity contribution is 6.62. The van der Waals surface area contributed by atoms with Crippen LogP contribution in [0.1, 0.15) is 39.1 Å². The second-order valence-electron chi connectivity index (χ2n) is 9.23. The molecule has 0 bridgehead atoms. The molecule has 0 amide bonds. The molecule has 1 aliphatic heterocycles. The molecule has 174 valence electrons. The van der Waals surface area contributed by atoms with E-state index in [9.17, 15) is 0 Å². The van der Waals surface area contributed by atoms with Crippen LogP contribution in [-0.4, -0.2) is 40.2 Å². The van der Waals surface area contributed by atoms with E-state index in [1.54, 1.807) is 37.0 Å². The lowest BCUT2D eigenvalue weighted by Crippen LogP contribution is -2.41. The first-order valence-electron chi connectivity index (χ1n) is 10.9. The van der Waals surface area contributed by atoms with Crippen LogP contribution in [0.4, 0.5) is 8.78 Å². The molecule has 3 aromatic rings. The van der Waals surface area contributed by atoms with Crippen LogP contribution < -0.4 is 10.2 Å². The summed E-state index contributed by atoms with van der Waals surface area (Å²) in [6, 6.07) is 8.64. The highest BCUT2D eigenvalue weighted by atomic mass is 19.2. The van der Waals surface area contributed by atoms with Gasteiger partial charge < -0.3 is 14.0 Å². The molecule has 1 fully saturated rings. The maximum atomic E-state index is 15.2. The Morgan fingerprint density at radius 3 is 2.36 bits per heavy atom. The molecule has 0 spiro atoms. The van der Waals surface area contributed by atoms with E-state index in [4.69, 9.17) is 14.0 Å². The van der Waals surface area contributed by atoms with Crippen molar-refractivity contribution in [1.29, 1.82) is 0 Å². The van der Waals surface area contributed by atoms with Gasteiger partial charge in [0.2, 0.25) is 5.88 Å². The van der Waals surface area contributed by atoms with Crippen molar-refractivity contribution in [3.05, 3.63) is 59.6 Å². The summed E-state index contributed by atoms with van der Waals surface area (Å²) in [5, 5.41) is 4.47. The average Bonchev–Trinajstić information content (AvgIpc) is 3.23. The second kappa shape index (κ2) is 8.54. The van der Waals surface area contributed by atoms with Gasteiger partial charge in [-0.3, -0.25) is 4.68 Å². The van der Waals surface area contributed by atoms with Crippen molar-refractivity contribution in [2.45, 2.75) is 58.8 Å². The first kappa shape index (κ1) is 23.4. The minimum Gasteiger partial charge on any atom is -0.481 e. The third-order valence-corrected chi connectivity index (χ3v) is 6.44. The third kappa shape index (κ3) is 4.39. The lowest BCUT2D eigenvalue weighted by Gasteiger charge is -2.32. The molecule has 0 radical (unpaired) electrons. The summed E-state index contributed by atoms with van der Waals surface area (Å²) < 4.78 is 48.9. The summed E-state index contributed by atoms with van der Waals surface area (Å²) in [5.41, 5.74) is 0.900. The van der Waals surface area contributed by atoms with Gasteiger partial charge in [0, 0.05) is 47.5 Å². The monoisotopic (exact) mass is 455 g/mol. The number of aryl methyl sites for hydroxylation is 3. The largest absolute Gasteiger partial charge is 0.497 e. The zero-order valence-electron chi connectivity index (χ0n) is 19.8. The molecule has 4 rings (SSSR count). The number of hydrogen-bond acceptors (Lipinski definition) is 5. The van der Waals surface area contributed by atoms with E-state index in [0.717, 1.165) is 5.69 Å². The Kier molecular flexibility index (Phi) is 6.05. The van der Waals surface area contributed by atoms with Gasteiger partial charge in [0.1, 0.15) is 0 Å². The van der Waals surface area contributed by atoms with Crippen LogP contribution in [0.25, 0.3) is 11.1 Å². The van der Waals surface area contributed by atoms with Crippen LogP contribution in [0.15, 0.2) is 36.5 Å². The summed E-state index contributed by atoms with van der Waals surface area (Å²) in [5.74, 6) is -1.37. The number of aromatic nitrogens is 3. The fourth-order valence-electron chi connectivity index (χ4n) is 3.76. The molecule has 0 atom stereocenters. The number of methoxy groups -OCH3 is 1. The van der Waals surface area contributed by atoms with Gasteiger partial charge >= 0.3 is 7.12 Å². The first-order valence-corrected chi connectivity index (χ1v) is 10.9. The van der Waals surface area contributed by atoms with Crippen LogP contribution in [0.3, 0.4) is 0 Å². The standard InChI is InChI=1S/C24H28BF2N3O3/c1-15-18(14-30(29-15)13-12-16-8-7-9-20(28-16)31-6)17-10-11-19(22(27)21(17)26)25-32-23(2,3)24(4,5)33-25/h7-11,14H,12-13H2,1-6H3. The van der Waals surface area contributed by atoms with Gasteiger partial charge in [0.05, 0.1) is 24.0 Å². The average molecular weight is 455 g/mol. The van der Waals surface area contributed by atoms with Crippen LogP contribution in [0.5, 0.6) is 5.88 Å². The highest BCUT2D eigenvalue weighted by Crippen LogP contribution is 2.37. The number of benzene rings is 1. The Labute approximate surface area is 193 Å². The molecule has 3 heterocycles. The number of pyridine rings is 1. The van der Waals surface area contributed by atoms with Crippen molar-refractivity contribution in [3.8, 4) is 17.0 Å². The van der Waals surface area contributed by atoms with Gasteiger partial charge in [-0.05, 0) is 40.7 Å². The van der Waals surface area contributed by atoms with E-state index < -0.39 is 30.0 Å². The molecule has 0 aliphatic carbocycles. The fourth-order valence-corrected chi connectivity index (χ4v) is 3.76. The van der Waals surface area contributed by atoms with E-state index in [2.05, 4.69) is 10.1 Å². The van der Waals surface area contributed by atoms with Gasteiger partial charge in [0.15, 0.2) is 11.6 Å². The zero-order valence-corrected chi connectivity index (χ0v) is 19.8. The number of halogens is 2. The Bertz CT molecular complexity index is 1160. The van der Waals surface area contributed by atoms with E-state index in [1.165, 1.54) is 6.07 Å². The number of nitrogens with zero attached hydrogens (tertiary/aromatic N) is 3.